The number of pyridine rings is 1. The molecule has 1 atom stereocenters. The molecule has 0 unspecified atom stereocenters. The van der Waals surface area contributed by atoms with Crippen LogP contribution in [0.1, 0.15) is 16.8 Å². The minimum absolute atomic E-state index is 0.141. The number of aromatic nitrogens is 1. The second-order valence-corrected chi connectivity index (χ2v) is 5.85. The van der Waals surface area contributed by atoms with Crippen molar-refractivity contribution in [2.75, 3.05) is 23.8 Å². The molecule has 0 saturated carbocycles. The Morgan fingerprint density at radius 2 is 2.00 bits per heavy atom. The minimum Gasteiger partial charge on any atom is -0.381 e. The summed E-state index contributed by atoms with van der Waals surface area (Å²) in [5.74, 6) is -0.297. The highest BCUT2D eigenvalue weighted by molar-refractivity contribution is 6.30. The molecule has 2 amide bonds. The van der Waals surface area contributed by atoms with Gasteiger partial charge in [-0.3, -0.25) is 9.59 Å². The lowest BCUT2D eigenvalue weighted by Gasteiger charge is -2.13. The second kappa shape index (κ2) is 7.42. The zero-order valence-corrected chi connectivity index (χ0v) is 13.5. The van der Waals surface area contributed by atoms with Crippen LogP contribution >= 0.6 is 11.6 Å². The van der Waals surface area contributed by atoms with Crippen LogP contribution in [-0.4, -0.2) is 30.0 Å². The van der Waals surface area contributed by atoms with Crippen molar-refractivity contribution in [2.45, 2.75) is 6.42 Å². The number of carbonyl (C=O) groups is 2. The van der Waals surface area contributed by atoms with Gasteiger partial charge in [-0.1, -0.05) is 23.7 Å². The van der Waals surface area contributed by atoms with Crippen molar-refractivity contribution in [1.82, 2.24) is 4.98 Å². The Morgan fingerprint density at radius 3 is 2.71 bits per heavy atom. The number of hydrogen-bond acceptors (Lipinski definition) is 4. The van der Waals surface area contributed by atoms with Crippen LogP contribution in [0.25, 0.3) is 0 Å². The third kappa shape index (κ3) is 3.90. The Balaban J connectivity index is 1.74. The molecule has 3 rings (SSSR count). The van der Waals surface area contributed by atoms with Crippen molar-refractivity contribution in [3.63, 3.8) is 0 Å². The maximum absolute atomic E-state index is 12.5. The van der Waals surface area contributed by atoms with Gasteiger partial charge in [0.2, 0.25) is 5.91 Å². The van der Waals surface area contributed by atoms with Crippen molar-refractivity contribution in [2.24, 2.45) is 5.92 Å². The highest BCUT2D eigenvalue weighted by atomic mass is 35.5. The van der Waals surface area contributed by atoms with Crippen molar-refractivity contribution in [1.29, 1.82) is 0 Å². The first-order valence-corrected chi connectivity index (χ1v) is 7.92. The van der Waals surface area contributed by atoms with E-state index in [2.05, 4.69) is 15.6 Å². The fraction of sp³-hybridized carbons (Fsp3) is 0.235. The summed E-state index contributed by atoms with van der Waals surface area (Å²) in [6.07, 6.45) is 2.14. The molecule has 2 N–H and O–H groups in total. The van der Waals surface area contributed by atoms with Gasteiger partial charge in [-0.2, -0.15) is 0 Å². The summed E-state index contributed by atoms with van der Waals surface area (Å²) in [7, 11) is 0. The van der Waals surface area contributed by atoms with Crippen LogP contribution in [0.3, 0.4) is 0 Å². The average Bonchev–Trinajstić information content (AvgIpc) is 3.12. The molecule has 7 heteroatoms. The summed E-state index contributed by atoms with van der Waals surface area (Å²) in [6, 6.07) is 10.1. The predicted molar refractivity (Wildman–Crippen MR) is 91.2 cm³/mol. The van der Waals surface area contributed by atoms with Gasteiger partial charge < -0.3 is 15.4 Å². The summed E-state index contributed by atoms with van der Waals surface area (Å²) in [6.45, 7) is 0.997. The summed E-state index contributed by atoms with van der Waals surface area (Å²) in [5.41, 5.74) is 0.822. The fourth-order valence-corrected chi connectivity index (χ4v) is 2.51. The number of nitrogens with zero attached hydrogens (tertiary/aromatic N) is 1. The van der Waals surface area contributed by atoms with Gasteiger partial charge in [-0.05, 0) is 30.7 Å². The largest absolute Gasteiger partial charge is 0.381 e. The number of halogens is 1. The Labute approximate surface area is 144 Å². The lowest BCUT2D eigenvalue weighted by Crippen LogP contribution is -2.24. The molecule has 1 aliphatic heterocycles. The highest BCUT2D eigenvalue weighted by Gasteiger charge is 2.24. The molecule has 0 bridgehead atoms. The summed E-state index contributed by atoms with van der Waals surface area (Å²) in [4.78, 5) is 28.7. The van der Waals surface area contributed by atoms with E-state index in [0.717, 1.165) is 0 Å². The van der Waals surface area contributed by atoms with E-state index < -0.39 is 0 Å². The standard InChI is InChI=1S/C17H16ClN3O3/c18-12-5-6-15(19-9-12)21-17(23)13-3-1-2-4-14(13)20-16(22)11-7-8-24-10-11/h1-6,9,11H,7-8,10H2,(H,20,22)(H,19,21,23)/t11-/m1/s1. The Morgan fingerprint density at radius 1 is 1.17 bits per heavy atom. The number of anilines is 2. The Bertz CT molecular complexity index is 743. The van der Waals surface area contributed by atoms with E-state index in [1.807, 2.05) is 0 Å². The highest BCUT2D eigenvalue weighted by Crippen LogP contribution is 2.20. The lowest BCUT2D eigenvalue weighted by molar-refractivity contribution is -0.119. The lowest BCUT2D eigenvalue weighted by atomic mass is 10.1. The molecule has 1 aromatic heterocycles. The van der Waals surface area contributed by atoms with Crippen LogP contribution < -0.4 is 10.6 Å². The first-order valence-electron chi connectivity index (χ1n) is 7.54. The summed E-state index contributed by atoms with van der Waals surface area (Å²) >= 11 is 5.78. The van der Waals surface area contributed by atoms with Gasteiger partial charge >= 0.3 is 0 Å². The van der Waals surface area contributed by atoms with Crippen LogP contribution in [0.5, 0.6) is 0 Å². The van der Waals surface area contributed by atoms with Crippen LogP contribution in [0.4, 0.5) is 11.5 Å². The Hall–Kier alpha value is -2.44. The number of para-hydroxylation sites is 1. The van der Waals surface area contributed by atoms with Crippen molar-refractivity contribution in [3.8, 4) is 0 Å². The quantitative estimate of drug-likeness (QED) is 0.892. The number of amides is 2. The first kappa shape index (κ1) is 16.4. The van der Waals surface area contributed by atoms with Crippen LogP contribution in [-0.2, 0) is 9.53 Å². The van der Waals surface area contributed by atoms with E-state index in [1.165, 1.54) is 6.20 Å². The molecule has 1 fully saturated rings. The Kier molecular flexibility index (Phi) is 5.08. The molecule has 124 valence electrons. The molecular formula is C17H16ClN3O3. The molecule has 1 saturated heterocycles. The van der Waals surface area contributed by atoms with Gasteiger partial charge in [-0.15, -0.1) is 0 Å². The van der Waals surface area contributed by atoms with Crippen molar-refractivity contribution >= 4 is 34.9 Å². The number of benzene rings is 1. The maximum atomic E-state index is 12.5. The van der Waals surface area contributed by atoms with Gasteiger partial charge in [0.25, 0.3) is 5.91 Å². The smallest absolute Gasteiger partial charge is 0.258 e. The van der Waals surface area contributed by atoms with Crippen molar-refractivity contribution < 1.29 is 14.3 Å². The average molecular weight is 346 g/mol. The molecule has 6 nitrogen and oxygen atoms in total. The van der Waals surface area contributed by atoms with Crippen LogP contribution in [0.15, 0.2) is 42.6 Å². The SMILES string of the molecule is O=C(Nc1ccc(Cl)cn1)c1ccccc1NC(=O)[C@@H]1CCOC1. The van der Waals surface area contributed by atoms with E-state index >= 15 is 0 Å². The van der Waals surface area contributed by atoms with Gasteiger partial charge in [-0.25, -0.2) is 4.98 Å². The zero-order chi connectivity index (χ0) is 16.9. The normalized spacial score (nSPS) is 16.6. The number of carbonyl (C=O) groups excluding carboxylic acids is 2. The van der Waals surface area contributed by atoms with Crippen molar-refractivity contribution in [3.05, 3.63) is 53.2 Å². The third-order valence-corrected chi connectivity index (χ3v) is 3.92. The first-order chi connectivity index (χ1) is 11.6. The predicted octanol–water partition coefficient (Wildman–Crippen LogP) is 2.96. The topological polar surface area (TPSA) is 80.3 Å². The summed E-state index contributed by atoms with van der Waals surface area (Å²) in [5, 5.41) is 5.98. The molecule has 0 radical (unpaired) electrons. The second-order valence-electron chi connectivity index (χ2n) is 5.41. The number of nitrogens with one attached hydrogen (secondary N) is 2. The van der Waals surface area contributed by atoms with E-state index in [9.17, 15) is 9.59 Å². The number of ether oxygens (including phenoxy) is 1. The molecular weight excluding hydrogens is 330 g/mol. The van der Waals surface area contributed by atoms with Gasteiger partial charge in [0.05, 0.1) is 28.8 Å². The molecule has 1 aliphatic rings. The van der Waals surface area contributed by atoms with E-state index in [0.29, 0.717) is 41.7 Å². The molecule has 24 heavy (non-hydrogen) atoms. The molecule has 2 aromatic rings. The van der Waals surface area contributed by atoms with Crippen LogP contribution in [0.2, 0.25) is 5.02 Å². The van der Waals surface area contributed by atoms with Crippen LogP contribution in [0, 0.1) is 5.92 Å². The summed E-state index contributed by atoms with van der Waals surface area (Å²) < 4.78 is 5.22. The monoisotopic (exact) mass is 345 g/mol. The van der Waals surface area contributed by atoms with E-state index in [4.69, 9.17) is 16.3 Å². The van der Waals surface area contributed by atoms with Gasteiger partial charge in [0.1, 0.15) is 5.82 Å². The van der Waals surface area contributed by atoms with E-state index in [1.54, 1.807) is 36.4 Å². The minimum atomic E-state index is -0.358. The van der Waals surface area contributed by atoms with Gasteiger partial charge in [0, 0.05) is 12.8 Å². The number of rotatable bonds is 4. The third-order valence-electron chi connectivity index (χ3n) is 3.70. The molecule has 0 aliphatic carbocycles. The molecule has 1 aromatic carbocycles. The van der Waals surface area contributed by atoms with Gasteiger partial charge in [0.15, 0.2) is 0 Å². The van der Waals surface area contributed by atoms with E-state index in [-0.39, 0.29) is 17.7 Å². The molecule has 2 heterocycles. The maximum Gasteiger partial charge on any atom is 0.258 e. The zero-order valence-electron chi connectivity index (χ0n) is 12.8. The fourth-order valence-electron chi connectivity index (χ4n) is 2.40. The number of hydrogen-bond donors (Lipinski definition) is 2. The molecule has 0 spiro atoms.